The van der Waals surface area contributed by atoms with Crippen molar-refractivity contribution in [2.75, 3.05) is 0 Å². The van der Waals surface area contributed by atoms with Crippen LogP contribution in [-0.4, -0.2) is 16.2 Å². The number of aromatic carboxylic acids is 1. The highest BCUT2D eigenvalue weighted by molar-refractivity contribution is 9.10. The van der Waals surface area contributed by atoms with Gasteiger partial charge >= 0.3 is 5.97 Å². The van der Waals surface area contributed by atoms with E-state index in [4.69, 9.17) is 16.7 Å². The highest BCUT2D eigenvalue weighted by Gasteiger charge is 2.13. The maximum absolute atomic E-state index is 10.5. The van der Waals surface area contributed by atoms with Gasteiger partial charge in [-0.2, -0.15) is 0 Å². The fourth-order valence-corrected chi connectivity index (χ4v) is 1.20. The largest absolute Gasteiger partial charge is 0.505 e. The van der Waals surface area contributed by atoms with Gasteiger partial charge in [0.1, 0.15) is 11.3 Å². The maximum atomic E-state index is 10.5. The molecular weight excluding hydrogens is 247 g/mol. The summed E-state index contributed by atoms with van der Waals surface area (Å²) in [7, 11) is 0. The summed E-state index contributed by atoms with van der Waals surface area (Å²) in [5, 5.41) is 17.8. The molecule has 0 heterocycles. The molecule has 5 heteroatoms. The van der Waals surface area contributed by atoms with Crippen LogP contribution >= 0.6 is 27.5 Å². The van der Waals surface area contributed by atoms with Crippen molar-refractivity contribution < 1.29 is 15.0 Å². The van der Waals surface area contributed by atoms with Gasteiger partial charge in [0.05, 0.1) is 5.02 Å². The minimum Gasteiger partial charge on any atom is -0.505 e. The van der Waals surface area contributed by atoms with Crippen molar-refractivity contribution in [3.63, 3.8) is 0 Å². The highest BCUT2D eigenvalue weighted by atomic mass is 79.9. The van der Waals surface area contributed by atoms with Crippen LogP contribution in [0.4, 0.5) is 0 Å². The lowest BCUT2D eigenvalue weighted by Gasteiger charge is -2.02. The number of benzene rings is 1. The number of rotatable bonds is 1. The van der Waals surface area contributed by atoms with Crippen LogP contribution in [0.1, 0.15) is 10.4 Å². The van der Waals surface area contributed by atoms with Crippen molar-refractivity contribution in [2.24, 2.45) is 0 Å². The normalized spacial score (nSPS) is 9.83. The third kappa shape index (κ3) is 1.54. The van der Waals surface area contributed by atoms with Gasteiger partial charge in [-0.15, -0.1) is 0 Å². The molecule has 0 unspecified atom stereocenters. The summed E-state index contributed by atoms with van der Waals surface area (Å²) < 4.78 is 0.465. The zero-order valence-electron chi connectivity index (χ0n) is 5.71. The Morgan fingerprint density at radius 1 is 1.50 bits per heavy atom. The molecule has 3 nitrogen and oxygen atoms in total. The Morgan fingerprint density at radius 2 is 2.08 bits per heavy atom. The molecule has 0 saturated heterocycles. The molecule has 1 aromatic rings. The molecule has 64 valence electrons. The van der Waals surface area contributed by atoms with E-state index in [9.17, 15) is 9.90 Å². The Kier molecular flexibility index (Phi) is 2.59. The van der Waals surface area contributed by atoms with Crippen molar-refractivity contribution in [3.05, 3.63) is 27.2 Å². The minimum absolute atomic E-state index is 0.00917. The number of phenols is 1. The summed E-state index contributed by atoms with van der Waals surface area (Å²) in [4.78, 5) is 10.5. The Hall–Kier alpha value is -0.740. The fraction of sp³-hybridized carbons (Fsp3) is 0. The van der Waals surface area contributed by atoms with E-state index >= 15 is 0 Å². The SMILES string of the molecule is O=C(O)c1ccc(Br)c(Cl)c1O. The first-order valence-electron chi connectivity index (χ1n) is 2.94. The molecule has 0 fully saturated rings. The minimum atomic E-state index is -1.21. The number of carboxylic acids is 1. The number of aromatic hydroxyl groups is 1. The molecule has 0 spiro atoms. The van der Waals surface area contributed by atoms with Gasteiger partial charge in [-0.3, -0.25) is 0 Å². The zero-order valence-corrected chi connectivity index (χ0v) is 8.06. The zero-order chi connectivity index (χ0) is 9.30. The molecule has 0 aliphatic heterocycles. The Labute approximate surface area is 81.7 Å². The lowest BCUT2D eigenvalue weighted by atomic mass is 10.2. The third-order valence-electron chi connectivity index (χ3n) is 1.30. The number of halogens is 2. The van der Waals surface area contributed by atoms with E-state index in [0.717, 1.165) is 0 Å². The standard InChI is InChI=1S/C7H4BrClO3/c8-4-2-1-3(7(11)12)6(10)5(4)9/h1-2,10H,(H,11,12). The van der Waals surface area contributed by atoms with Gasteiger partial charge in [0.15, 0.2) is 0 Å². The predicted molar refractivity (Wildman–Crippen MR) is 47.8 cm³/mol. The molecule has 0 bridgehead atoms. The van der Waals surface area contributed by atoms with E-state index in [1.54, 1.807) is 0 Å². The molecule has 0 saturated carbocycles. The first kappa shape index (κ1) is 9.35. The molecule has 0 atom stereocenters. The highest BCUT2D eigenvalue weighted by Crippen LogP contribution is 2.34. The van der Waals surface area contributed by atoms with Crippen LogP contribution in [0.25, 0.3) is 0 Å². The van der Waals surface area contributed by atoms with Crippen molar-refractivity contribution in [2.45, 2.75) is 0 Å². The lowest BCUT2D eigenvalue weighted by molar-refractivity contribution is 0.0693. The fourth-order valence-electron chi connectivity index (χ4n) is 0.713. The van der Waals surface area contributed by atoms with Crippen molar-refractivity contribution in [1.82, 2.24) is 0 Å². The van der Waals surface area contributed by atoms with Gasteiger partial charge < -0.3 is 10.2 Å². The molecular formula is C7H4BrClO3. The second-order valence-electron chi connectivity index (χ2n) is 2.06. The van der Waals surface area contributed by atoms with Crippen molar-refractivity contribution in [3.8, 4) is 5.75 Å². The number of hydrogen-bond acceptors (Lipinski definition) is 2. The van der Waals surface area contributed by atoms with Gasteiger partial charge in [0.2, 0.25) is 0 Å². The van der Waals surface area contributed by atoms with Crippen molar-refractivity contribution in [1.29, 1.82) is 0 Å². The average molecular weight is 251 g/mol. The quantitative estimate of drug-likeness (QED) is 0.806. The van der Waals surface area contributed by atoms with Gasteiger partial charge in [0, 0.05) is 4.47 Å². The molecule has 1 rings (SSSR count). The van der Waals surface area contributed by atoms with Gasteiger partial charge in [-0.1, -0.05) is 11.6 Å². The van der Waals surface area contributed by atoms with E-state index in [0.29, 0.717) is 4.47 Å². The summed E-state index contributed by atoms with van der Waals surface area (Å²) in [6.07, 6.45) is 0. The number of hydrogen-bond donors (Lipinski definition) is 2. The van der Waals surface area contributed by atoms with Crippen LogP contribution in [0, 0.1) is 0 Å². The summed E-state index contributed by atoms with van der Waals surface area (Å²) in [5.41, 5.74) is -0.205. The van der Waals surface area contributed by atoms with Crippen LogP contribution in [-0.2, 0) is 0 Å². The average Bonchev–Trinajstić information content (AvgIpc) is 2.00. The molecule has 0 aliphatic rings. The Bertz CT molecular complexity index is 338. The second-order valence-corrected chi connectivity index (χ2v) is 3.29. The smallest absolute Gasteiger partial charge is 0.339 e. The molecule has 1 aromatic carbocycles. The van der Waals surface area contributed by atoms with Crippen molar-refractivity contribution >= 4 is 33.5 Å². The molecule has 0 aromatic heterocycles. The molecule has 12 heavy (non-hydrogen) atoms. The molecule has 0 radical (unpaired) electrons. The summed E-state index contributed by atoms with van der Waals surface area (Å²) in [6.45, 7) is 0. The van der Waals surface area contributed by atoms with E-state index in [-0.39, 0.29) is 10.6 Å². The summed E-state index contributed by atoms with van der Waals surface area (Å²) >= 11 is 8.61. The molecule has 0 aliphatic carbocycles. The van der Waals surface area contributed by atoms with Crippen LogP contribution < -0.4 is 0 Å². The predicted octanol–water partition coefficient (Wildman–Crippen LogP) is 2.51. The summed E-state index contributed by atoms with van der Waals surface area (Å²) in [5.74, 6) is -1.62. The first-order valence-corrected chi connectivity index (χ1v) is 4.11. The topological polar surface area (TPSA) is 57.5 Å². The first-order chi connectivity index (χ1) is 5.54. The number of carbonyl (C=O) groups is 1. The second kappa shape index (κ2) is 3.33. The summed E-state index contributed by atoms with van der Waals surface area (Å²) in [6, 6.07) is 2.74. The van der Waals surface area contributed by atoms with Crippen LogP contribution in [0.2, 0.25) is 5.02 Å². The van der Waals surface area contributed by atoms with E-state index in [1.807, 2.05) is 0 Å². The van der Waals surface area contributed by atoms with E-state index in [1.165, 1.54) is 12.1 Å². The lowest BCUT2D eigenvalue weighted by Crippen LogP contribution is -1.96. The van der Waals surface area contributed by atoms with E-state index in [2.05, 4.69) is 15.9 Å². The van der Waals surface area contributed by atoms with Crippen LogP contribution in [0.5, 0.6) is 5.75 Å². The Balaban J connectivity index is 3.36. The van der Waals surface area contributed by atoms with Gasteiger partial charge in [-0.05, 0) is 28.1 Å². The van der Waals surface area contributed by atoms with Crippen LogP contribution in [0.15, 0.2) is 16.6 Å². The molecule has 0 amide bonds. The van der Waals surface area contributed by atoms with Gasteiger partial charge in [-0.25, -0.2) is 4.79 Å². The monoisotopic (exact) mass is 250 g/mol. The number of carboxylic acid groups (broad SMARTS) is 1. The van der Waals surface area contributed by atoms with E-state index < -0.39 is 11.7 Å². The third-order valence-corrected chi connectivity index (χ3v) is 2.57. The Morgan fingerprint density at radius 3 is 2.58 bits per heavy atom. The van der Waals surface area contributed by atoms with Gasteiger partial charge in [0.25, 0.3) is 0 Å². The maximum Gasteiger partial charge on any atom is 0.339 e. The van der Waals surface area contributed by atoms with Crippen LogP contribution in [0.3, 0.4) is 0 Å². The molecule has 2 N–H and O–H groups in total.